The van der Waals surface area contributed by atoms with Crippen molar-refractivity contribution in [2.45, 2.75) is 17.9 Å². The molecule has 0 radical (unpaired) electrons. The molecule has 1 aliphatic rings. The van der Waals surface area contributed by atoms with Crippen LogP contribution in [0.15, 0.2) is 78.9 Å². The van der Waals surface area contributed by atoms with Gasteiger partial charge in [-0.3, -0.25) is 4.79 Å². The first-order valence-electron chi connectivity index (χ1n) is 10.1. The van der Waals surface area contributed by atoms with Crippen LogP contribution in [-0.4, -0.2) is 15.7 Å². The van der Waals surface area contributed by atoms with E-state index in [-0.39, 0.29) is 5.91 Å². The molecule has 154 valence electrons. The molecule has 4 nitrogen and oxygen atoms in total. The molecule has 0 saturated carbocycles. The normalized spacial score (nSPS) is 12.5. The fourth-order valence-corrected chi connectivity index (χ4v) is 4.86. The van der Waals surface area contributed by atoms with Gasteiger partial charge in [-0.2, -0.15) is 16.9 Å². The first-order valence-corrected chi connectivity index (χ1v) is 11.6. The number of thioether (sulfide) groups is 1. The molecule has 1 aromatic heterocycles. The molecule has 2 heterocycles. The minimum Gasteiger partial charge on any atom is -0.306 e. The van der Waals surface area contributed by atoms with Gasteiger partial charge in [-0.25, -0.2) is 4.68 Å². The van der Waals surface area contributed by atoms with Gasteiger partial charge in [0.25, 0.3) is 5.91 Å². The van der Waals surface area contributed by atoms with E-state index in [1.54, 1.807) is 0 Å². The summed E-state index contributed by atoms with van der Waals surface area (Å²) in [5.41, 5.74) is 6.03. The van der Waals surface area contributed by atoms with Crippen LogP contribution < -0.4 is 5.32 Å². The highest BCUT2D eigenvalue weighted by atomic mass is 35.5. The second-order valence-electron chi connectivity index (χ2n) is 7.47. The van der Waals surface area contributed by atoms with Gasteiger partial charge in [0.05, 0.1) is 11.4 Å². The van der Waals surface area contributed by atoms with Crippen LogP contribution in [0.5, 0.6) is 0 Å². The van der Waals surface area contributed by atoms with E-state index in [2.05, 4.69) is 17.4 Å². The number of anilines is 1. The summed E-state index contributed by atoms with van der Waals surface area (Å²) < 4.78 is 1.81. The van der Waals surface area contributed by atoms with E-state index in [1.807, 2.05) is 83.2 Å². The summed E-state index contributed by atoms with van der Waals surface area (Å²) in [5, 5.41) is 8.51. The van der Waals surface area contributed by atoms with Gasteiger partial charge in [0, 0.05) is 27.7 Å². The minimum atomic E-state index is -0.138. The molecule has 0 unspecified atom stereocenters. The summed E-state index contributed by atoms with van der Waals surface area (Å²) >= 11 is 7.85. The van der Waals surface area contributed by atoms with Crippen LogP contribution in [0.1, 0.15) is 32.7 Å². The highest BCUT2D eigenvalue weighted by Gasteiger charge is 2.25. The van der Waals surface area contributed by atoms with Crippen molar-refractivity contribution in [2.24, 2.45) is 0 Å². The molecule has 0 aliphatic carbocycles. The quantitative estimate of drug-likeness (QED) is 0.402. The molecule has 0 atom stereocenters. The van der Waals surface area contributed by atoms with Crippen LogP contribution in [0.3, 0.4) is 0 Å². The molecule has 31 heavy (non-hydrogen) atoms. The van der Waals surface area contributed by atoms with Gasteiger partial charge in [0.2, 0.25) is 0 Å². The number of benzene rings is 3. The average Bonchev–Trinajstić information content (AvgIpc) is 3.38. The summed E-state index contributed by atoms with van der Waals surface area (Å²) in [4.78, 5) is 13.0. The standard InChI is InChI=1S/C25H20ClN3OS/c26-20-10-12-21(13-11-20)29-24(22-15-31-16-23(22)28-29)27-25(30)19-8-6-18(7-9-19)14-17-4-2-1-3-5-17/h1-13H,14-16H2,(H,27,30). The van der Waals surface area contributed by atoms with Crippen molar-refractivity contribution in [3.05, 3.63) is 112 Å². The largest absolute Gasteiger partial charge is 0.306 e. The molecule has 0 fully saturated rings. The Morgan fingerprint density at radius 1 is 0.935 bits per heavy atom. The van der Waals surface area contributed by atoms with Crippen LogP contribution in [0.4, 0.5) is 5.82 Å². The first kappa shape index (κ1) is 19.9. The van der Waals surface area contributed by atoms with E-state index < -0.39 is 0 Å². The molecule has 3 aromatic carbocycles. The summed E-state index contributed by atoms with van der Waals surface area (Å²) in [6, 6.07) is 25.6. The minimum absolute atomic E-state index is 0.138. The Labute approximate surface area is 190 Å². The highest BCUT2D eigenvalue weighted by molar-refractivity contribution is 7.98. The lowest BCUT2D eigenvalue weighted by molar-refractivity contribution is 0.102. The number of fused-ring (bicyclic) bond motifs is 1. The number of amides is 1. The molecule has 6 heteroatoms. The Hall–Kier alpha value is -3.02. The number of nitrogens with one attached hydrogen (secondary N) is 1. The summed E-state index contributed by atoms with van der Waals surface area (Å²) in [6.45, 7) is 0. The Morgan fingerprint density at radius 2 is 1.65 bits per heavy atom. The maximum Gasteiger partial charge on any atom is 0.256 e. The lowest BCUT2D eigenvalue weighted by Gasteiger charge is -2.11. The van der Waals surface area contributed by atoms with Crippen LogP contribution in [0, 0.1) is 0 Å². The third kappa shape index (κ3) is 4.24. The molecule has 4 aromatic rings. The number of carbonyl (C=O) groups excluding carboxylic acids is 1. The van der Waals surface area contributed by atoms with Crippen LogP contribution in [0.2, 0.25) is 5.02 Å². The van der Waals surface area contributed by atoms with Crippen molar-refractivity contribution in [3.8, 4) is 5.69 Å². The van der Waals surface area contributed by atoms with Gasteiger partial charge in [0.1, 0.15) is 5.82 Å². The number of nitrogens with zero attached hydrogens (tertiary/aromatic N) is 2. The summed E-state index contributed by atoms with van der Waals surface area (Å²) in [5.74, 6) is 2.29. The highest BCUT2D eigenvalue weighted by Crippen LogP contribution is 2.36. The number of hydrogen-bond acceptors (Lipinski definition) is 3. The molecule has 0 bridgehead atoms. The van der Waals surface area contributed by atoms with E-state index in [0.29, 0.717) is 10.6 Å². The molecule has 1 N–H and O–H groups in total. The Morgan fingerprint density at radius 3 is 2.39 bits per heavy atom. The molecule has 1 amide bonds. The lowest BCUT2D eigenvalue weighted by atomic mass is 10.0. The number of carbonyl (C=O) groups is 1. The van der Waals surface area contributed by atoms with E-state index in [9.17, 15) is 4.79 Å². The predicted molar refractivity (Wildman–Crippen MR) is 127 cm³/mol. The zero-order valence-electron chi connectivity index (χ0n) is 16.7. The van der Waals surface area contributed by atoms with Gasteiger partial charge < -0.3 is 5.32 Å². The number of hydrogen-bond donors (Lipinski definition) is 1. The topological polar surface area (TPSA) is 46.9 Å². The molecular formula is C25H20ClN3OS. The van der Waals surface area contributed by atoms with Crippen molar-refractivity contribution < 1.29 is 4.79 Å². The summed E-state index contributed by atoms with van der Waals surface area (Å²) in [7, 11) is 0. The van der Waals surface area contributed by atoms with Crippen LogP contribution in [-0.2, 0) is 17.9 Å². The third-order valence-electron chi connectivity index (χ3n) is 5.32. The van der Waals surface area contributed by atoms with Crippen molar-refractivity contribution in [1.29, 1.82) is 0 Å². The SMILES string of the molecule is O=C(Nc1c2c(nn1-c1ccc(Cl)cc1)CSC2)c1ccc(Cc2ccccc2)cc1. The summed E-state index contributed by atoms with van der Waals surface area (Å²) in [6.07, 6.45) is 0.844. The van der Waals surface area contributed by atoms with Crippen molar-refractivity contribution in [2.75, 3.05) is 5.32 Å². The van der Waals surface area contributed by atoms with Gasteiger partial charge in [0.15, 0.2) is 0 Å². The monoisotopic (exact) mass is 445 g/mol. The first-order chi connectivity index (χ1) is 15.2. The number of halogens is 1. The van der Waals surface area contributed by atoms with Gasteiger partial charge in [-0.1, -0.05) is 54.1 Å². The van der Waals surface area contributed by atoms with Crippen LogP contribution in [0.25, 0.3) is 5.69 Å². The fraction of sp³-hybridized carbons (Fsp3) is 0.120. The van der Waals surface area contributed by atoms with Crippen LogP contribution >= 0.6 is 23.4 Å². The average molecular weight is 446 g/mol. The predicted octanol–water partition coefficient (Wildman–Crippen LogP) is 6.12. The second-order valence-corrected chi connectivity index (χ2v) is 8.89. The lowest BCUT2D eigenvalue weighted by Crippen LogP contribution is -2.16. The maximum absolute atomic E-state index is 13.0. The fourth-order valence-electron chi connectivity index (χ4n) is 3.70. The molecule has 0 spiro atoms. The zero-order valence-corrected chi connectivity index (χ0v) is 18.3. The zero-order chi connectivity index (χ0) is 21.2. The van der Waals surface area contributed by atoms with Crippen molar-refractivity contribution in [3.63, 3.8) is 0 Å². The van der Waals surface area contributed by atoms with Gasteiger partial charge in [-0.15, -0.1) is 0 Å². The van der Waals surface area contributed by atoms with E-state index in [1.165, 1.54) is 11.1 Å². The van der Waals surface area contributed by atoms with Crippen molar-refractivity contribution in [1.82, 2.24) is 9.78 Å². The Balaban J connectivity index is 1.38. The van der Waals surface area contributed by atoms with E-state index >= 15 is 0 Å². The second kappa shape index (κ2) is 8.61. The maximum atomic E-state index is 13.0. The van der Waals surface area contributed by atoms with Crippen molar-refractivity contribution >= 4 is 35.1 Å². The van der Waals surface area contributed by atoms with Gasteiger partial charge in [-0.05, 0) is 53.9 Å². The molecule has 5 rings (SSSR count). The Bertz CT molecular complexity index is 1220. The van der Waals surface area contributed by atoms with Gasteiger partial charge >= 0.3 is 0 Å². The smallest absolute Gasteiger partial charge is 0.256 e. The number of rotatable bonds is 5. The van der Waals surface area contributed by atoms with E-state index in [0.717, 1.165) is 40.7 Å². The molecular weight excluding hydrogens is 426 g/mol. The third-order valence-corrected chi connectivity index (χ3v) is 6.54. The molecule has 1 aliphatic heterocycles. The Kier molecular flexibility index (Phi) is 5.53. The molecule has 0 saturated heterocycles. The van der Waals surface area contributed by atoms with E-state index in [4.69, 9.17) is 16.7 Å². The number of aromatic nitrogens is 2.